The smallest absolute Gasteiger partial charge is 0.238 e. The lowest BCUT2D eigenvalue weighted by Crippen LogP contribution is -2.06. The Morgan fingerprint density at radius 3 is 1.71 bits per heavy atom. The molecule has 0 aliphatic rings. The van der Waals surface area contributed by atoms with Crippen LogP contribution in [0.1, 0.15) is 0 Å². The van der Waals surface area contributed by atoms with Gasteiger partial charge in [0.2, 0.25) is 5.95 Å². The fourth-order valence-electron chi connectivity index (χ4n) is 8.29. The first-order chi connectivity index (χ1) is 29.2. The molecule has 4 heterocycles. The predicted molar refractivity (Wildman–Crippen MR) is 242 cm³/mol. The zero-order valence-electron chi connectivity index (χ0n) is 31.5. The molecule has 4 aromatic heterocycles. The van der Waals surface area contributed by atoms with Crippen LogP contribution >= 0.6 is 11.3 Å². The first-order valence-corrected chi connectivity index (χ1v) is 20.4. The molecule has 0 aliphatic carbocycles. The molecular weight excluding hydrogens is 743 g/mol. The maximum atomic E-state index is 6.29. The zero-order chi connectivity index (χ0) is 38.9. The van der Waals surface area contributed by atoms with Crippen LogP contribution < -0.4 is 0 Å². The Balaban J connectivity index is 0.938. The number of rotatable bonds is 6. The number of hydrogen-bond donors (Lipinski definition) is 0. The van der Waals surface area contributed by atoms with Crippen molar-refractivity contribution in [3.05, 3.63) is 188 Å². The molecule has 0 unspecified atom stereocenters. The second-order valence-electron chi connectivity index (χ2n) is 14.7. The second-order valence-corrected chi connectivity index (χ2v) is 15.7. The fourth-order valence-corrected chi connectivity index (χ4v) is 9.24. The molecule has 276 valence electrons. The van der Waals surface area contributed by atoms with E-state index in [1.165, 1.54) is 4.70 Å². The molecule has 12 aromatic rings. The van der Waals surface area contributed by atoms with Gasteiger partial charge in [0, 0.05) is 38.2 Å². The zero-order valence-corrected chi connectivity index (χ0v) is 32.3. The minimum atomic E-state index is 0.555. The normalized spacial score (nSPS) is 11.7. The van der Waals surface area contributed by atoms with Crippen molar-refractivity contribution >= 4 is 65.3 Å². The molecule has 12 rings (SSSR count). The van der Waals surface area contributed by atoms with Crippen molar-refractivity contribution in [1.29, 1.82) is 0 Å². The second kappa shape index (κ2) is 13.4. The van der Waals surface area contributed by atoms with Crippen molar-refractivity contribution in [1.82, 2.24) is 24.5 Å². The number of aromatic nitrogens is 5. The summed E-state index contributed by atoms with van der Waals surface area (Å²) in [4.78, 5) is 20.6. The van der Waals surface area contributed by atoms with Crippen LogP contribution in [0.15, 0.2) is 192 Å². The van der Waals surface area contributed by atoms with Gasteiger partial charge in [0.05, 0.1) is 21.3 Å². The molecule has 0 N–H and O–H groups in total. The van der Waals surface area contributed by atoms with Gasteiger partial charge in [-0.3, -0.25) is 4.57 Å². The van der Waals surface area contributed by atoms with Crippen LogP contribution in [-0.4, -0.2) is 24.5 Å². The van der Waals surface area contributed by atoms with Crippen LogP contribution in [0, 0.1) is 0 Å². The quantitative estimate of drug-likeness (QED) is 0.168. The van der Waals surface area contributed by atoms with Gasteiger partial charge >= 0.3 is 0 Å². The van der Waals surface area contributed by atoms with Crippen LogP contribution in [0.4, 0.5) is 0 Å². The summed E-state index contributed by atoms with van der Waals surface area (Å²) in [5.74, 6) is 1.72. The number of fused-ring (bicyclic) bond motifs is 7. The van der Waals surface area contributed by atoms with Gasteiger partial charge in [0.1, 0.15) is 16.2 Å². The third-order valence-electron chi connectivity index (χ3n) is 11.2. The summed E-state index contributed by atoms with van der Waals surface area (Å²) < 4.78 is 9.62. The Morgan fingerprint density at radius 2 is 0.983 bits per heavy atom. The van der Waals surface area contributed by atoms with E-state index in [0.717, 1.165) is 93.2 Å². The van der Waals surface area contributed by atoms with E-state index >= 15 is 0 Å². The van der Waals surface area contributed by atoms with Crippen molar-refractivity contribution in [2.24, 2.45) is 0 Å². The third-order valence-corrected chi connectivity index (χ3v) is 12.2. The first kappa shape index (κ1) is 33.4. The summed E-state index contributed by atoms with van der Waals surface area (Å²) >= 11 is 1.73. The molecule has 0 fully saturated rings. The minimum absolute atomic E-state index is 0.555. The van der Waals surface area contributed by atoms with E-state index in [1.54, 1.807) is 11.3 Å². The molecule has 6 nitrogen and oxygen atoms in total. The van der Waals surface area contributed by atoms with E-state index < -0.39 is 0 Å². The molecule has 0 amide bonds. The Morgan fingerprint density at radius 1 is 0.407 bits per heavy atom. The van der Waals surface area contributed by atoms with E-state index in [4.69, 9.17) is 24.4 Å². The monoisotopic (exact) mass is 773 g/mol. The van der Waals surface area contributed by atoms with E-state index in [2.05, 4.69) is 156 Å². The standard InChI is InChI=1S/C52H31N5OS/c1-2-11-36(12-3-1)51-53-42-31-37(29-30-47(42)59-51)34-23-21-32(22-24-34)33-25-27-35(28-26-33)49-54-50(41-16-10-20-46-48(41)40-15-6-9-19-45(40)58-46)56-52(55-49)57-43-17-7-4-13-38(43)39-14-5-8-18-44(39)57/h1-31H. The van der Waals surface area contributed by atoms with Crippen LogP contribution in [0.5, 0.6) is 0 Å². The lowest BCUT2D eigenvalue weighted by molar-refractivity contribution is 0.669. The highest BCUT2D eigenvalue weighted by atomic mass is 32.1. The highest BCUT2D eigenvalue weighted by molar-refractivity contribution is 7.21. The van der Waals surface area contributed by atoms with Crippen molar-refractivity contribution in [2.75, 3.05) is 0 Å². The Bertz CT molecular complexity index is 3500. The summed E-state index contributed by atoms with van der Waals surface area (Å²) in [6.45, 7) is 0. The van der Waals surface area contributed by atoms with E-state index in [9.17, 15) is 0 Å². The largest absolute Gasteiger partial charge is 0.456 e. The van der Waals surface area contributed by atoms with Gasteiger partial charge in [-0.25, -0.2) is 9.97 Å². The lowest BCUT2D eigenvalue weighted by Gasteiger charge is -2.12. The Hall–Kier alpha value is -7.74. The maximum absolute atomic E-state index is 6.29. The molecular formula is C52H31N5OS. The van der Waals surface area contributed by atoms with Gasteiger partial charge in [-0.05, 0) is 58.7 Å². The van der Waals surface area contributed by atoms with E-state index in [1.807, 2.05) is 36.4 Å². The SMILES string of the molecule is c1ccc(-c2nc3cc(-c4ccc(-c5ccc(-c6nc(-c7cccc8oc9ccccc9c78)nc(-n7c8ccccc8c8ccccc87)n6)cc5)cc4)ccc3s2)cc1. The summed E-state index contributed by atoms with van der Waals surface area (Å²) in [7, 11) is 0. The van der Waals surface area contributed by atoms with Gasteiger partial charge in [0.15, 0.2) is 11.6 Å². The van der Waals surface area contributed by atoms with Crippen molar-refractivity contribution in [3.63, 3.8) is 0 Å². The molecule has 59 heavy (non-hydrogen) atoms. The summed E-state index contributed by atoms with van der Waals surface area (Å²) in [5, 5.41) is 5.33. The van der Waals surface area contributed by atoms with Crippen LogP contribution in [0.2, 0.25) is 0 Å². The van der Waals surface area contributed by atoms with Gasteiger partial charge in [0.25, 0.3) is 0 Å². The average molecular weight is 774 g/mol. The van der Waals surface area contributed by atoms with Crippen LogP contribution in [-0.2, 0) is 0 Å². The summed E-state index contributed by atoms with van der Waals surface area (Å²) in [6, 6.07) is 65.2. The maximum Gasteiger partial charge on any atom is 0.238 e. The minimum Gasteiger partial charge on any atom is -0.456 e. The topological polar surface area (TPSA) is 69.6 Å². The third kappa shape index (κ3) is 5.62. The van der Waals surface area contributed by atoms with Gasteiger partial charge in [-0.15, -0.1) is 11.3 Å². The van der Waals surface area contributed by atoms with Gasteiger partial charge in [-0.2, -0.15) is 9.97 Å². The summed E-state index contributed by atoms with van der Waals surface area (Å²) in [5.41, 5.74) is 12.2. The highest BCUT2D eigenvalue weighted by Crippen LogP contribution is 2.38. The van der Waals surface area contributed by atoms with E-state index in [0.29, 0.717) is 17.6 Å². The van der Waals surface area contributed by atoms with Crippen LogP contribution in [0.3, 0.4) is 0 Å². The lowest BCUT2D eigenvalue weighted by atomic mass is 9.99. The molecule has 0 aliphatic heterocycles. The molecule has 8 aromatic carbocycles. The molecule has 0 saturated heterocycles. The van der Waals surface area contributed by atoms with Crippen LogP contribution in [0.25, 0.3) is 116 Å². The van der Waals surface area contributed by atoms with Crippen molar-refractivity contribution in [3.8, 4) is 61.5 Å². The number of thiazole rings is 1. The molecule has 0 spiro atoms. The predicted octanol–water partition coefficient (Wildman–Crippen LogP) is 13.8. The molecule has 7 heteroatoms. The molecule has 0 atom stereocenters. The summed E-state index contributed by atoms with van der Waals surface area (Å²) in [6.07, 6.45) is 0. The molecule has 0 bridgehead atoms. The van der Waals surface area contributed by atoms with Crippen molar-refractivity contribution in [2.45, 2.75) is 0 Å². The number of para-hydroxylation sites is 3. The number of furan rings is 1. The van der Waals surface area contributed by atoms with Gasteiger partial charge in [-0.1, -0.05) is 152 Å². The highest BCUT2D eigenvalue weighted by Gasteiger charge is 2.20. The Kier molecular flexibility index (Phi) is 7.61. The average Bonchev–Trinajstić information content (AvgIpc) is 4.01. The number of nitrogens with zero attached hydrogens (tertiary/aromatic N) is 5. The van der Waals surface area contributed by atoms with Crippen molar-refractivity contribution < 1.29 is 4.42 Å². The first-order valence-electron chi connectivity index (χ1n) is 19.5. The number of benzene rings is 8. The van der Waals surface area contributed by atoms with E-state index in [-0.39, 0.29) is 0 Å². The number of hydrogen-bond acceptors (Lipinski definition) is 6. The fraction of sp³-hybridized carbons (Fsp3) is 0. The molecule has 0 radical (unpaired) electrons. The molecule has 0 saturated carbocycles. The van der Waals surface area contributed by atoms with Gasteiger partial charge < -0.3 is 4.42 Å². The Labute approximate surface area is 342 Å².